The third-order valence-corrected chi connectivity index (χ3v) is 6.55. The Morgan fingerprint density at radius 3 is 2.63 bits per heavy atom. The Morgan fingerprint density at radius 2 is 1.95 bits per heavy atom. The highest BCUT2D eigenvalue weighted by atomic mass is 32.1. The van der Waals surface area contributed by atoms with Gasteiger partial charge in [0, 0.05) is 24.4 Å². The van der Waals surface area contributed by atoms with E-state index in [1.54, 1.807) is 13.3 Å². The Hall–Kier alpha value is -4.37. The minimum Gasteiger partial charge on any atom is -0.495 e. The highest BCUT2D eigenvalue weighted by molar-refractivity contribution is 7.80. The molecule has 2 aromatic heterocycles. The standard InChI is InChI=1S/C29H28N4O4S/c1-4-36-21-11-8-19(9-12-21)24-14-15-26(37-24)28-27(22-7-5-6-16-30-22)32-29(38)33(28)20-10-13-25(35-3)23(17-20)31-18(2)34/h5-17,27-28H,4H2,1-3H3,(H,31,34)(H,32,38). The molecule has 1 saturated heterocycles. The molecule has 0 bridgehead atoms. The summed E-state index contributed by atoms with van der Waals surface area (Å²) in [6, 6.07) is 22.5. The molecule has 1 aliphatic rings. The van der Waals surface area contributed by atoms with Crippen molar-refractivity contribution in [1.29, 1.82) is 0 Å². The maximum atomic E-state index is 11.8. The first-order valence-corrected chi connectivity index (χ1v) is 12.7. The van der Waals surface area contributed by atoms with E-state index in [1.807, 2.05) is 84.6 Å². The van der Waals surface area contributed by atoms with Crippen LogP contribution in [0.25, 0.3) is 11.3 Å². The van der Waals surface area contributed by atoms with Crippen molar-refractivity contribution in [3.05, 3.63) is 90.4 Å². The highest BCUT2D eigenvalue weighted by Gasteiger charge is 2.42. The van der Waals surface area contributed by atoms with Gasteiger partial charge >= 0.3 is 0 Å². The summed E-state index contributed by atoms with van der Waals surface area (Å²) in [5, 5.41) is 6.78. The quantitative estimate of drug-likeness (QED) is 0.274. The fourth-order valence-corrected chi connectivity index (χ4v) is 4.95. The number of hydrogen-bond acceptors (Lipinski definition) is 6. The number of ether oxygens (including phenoxy) is 2. The first-order valence-electron chi connectivity index (χ1n) is 12.3. The lowest BCUT2D eigenvalue weighted by atomic mass is 10.0. The summed E-state index contributed by atoms with van der Waals surface area (Å²) in [7, 11) is 1.56. The van der Waals surface area contributed by atoms with Crippen LogP contribution in [-0.2, 0) is 4.79 Å². The van der Waals surface area contributed by atoms with Crippen LogP contribution in [0.3, 0.4) is 0 Å². The van der Waals surface area contributed by atoms with E-state index in [4.69, 9.17) is 26.1 Å². The monoisotopic (exact) mass is 528 g/mol. The van der Waals surface area contributed by atoms with Gasteiger partial charge < -0.3 is 29.4 Å². The molecule has 5 rings (SSSR count). The molecule has 2 N–H and O–H groups in total. The average Bonchev–Trinajstić information content (AvgIpc) is 3.54. The fraction of sp³-hybridized carbons (Fsp3) is 0.207. The summed E-state index contributed by atoms with van der Waals surface area (Å²) < 4.78 is 17.5. The van der Waals surface area contributed by atoms with E-state index in [0.29, 0.717) is 28.9 Å². The number of nitrogens with zero attached hydrogens (tertiary/aromatic N) is 2. The SMILES string of the molecule is CCOc1ccc(-c2ccc(C3C(c4ccccn4)NC(=S)N3c3ccc(OC)c(NC(C)=O)c3)o2)cc1. The predicted octanol–water partition coefficient (Wildman–Crippen LogP) is 5.88. The molecule has 0 radical (unpaired) electrons. The molecule has 4 aromatic rings. The summed E-state index contributed by atoms with van der Waals surface area (Å²) >= 11 is 5.82. The summed E-state index contributed by atoms with van der Waals surface area (Å²) in [4.78, 5) is 18.4. The minimum absolute atomic E-state index is 0.198. The Kier molecular flexibility index (Phi) is 7.28. The van der Waals surface area contributed by atoms with E-state index in [-0.39, 0.29) is 18.0 Å². The van der Waals surface area contributed by atoms with Crippen molar-refractivity contribution < 1.29 is 18.7 Å². The van der Waals surface area contributed by atoms with Crippen molar-refractivity contribution in [2.75, 3.05) is 23.9 Å². The van der Waals surface area contributed by atoms with Gasteiger partial charge in [0.25, 0.3) is 0 Å². The van der Waals surface area contributed by atoms with Gasteiger partial charge in [-0.25, -0.2) is 0 Å². The van der Waals surface area contributed by atoms with E-state index in [9.17, 15) is 4.79 Å². The second kappa shape index (κ2) is 10.9. The van der Waals surface area contributed by atoms with E-state index in [2.05, 4.69) is 15.6 Å². The zero-order chi connectivity index (χ0) is 26.6. The van der Waals surface area contributed by atoms with Crippen LogP contribution in [0.5, 0.6) is 11.5 Å². The summed E-state index contributed by atoms with van der Waals surface area (Å²) in [5.41, 5.74) is 3.09. The lowest BCUT2D eigenvalue weighted by molar-refractivity contribution is -0.114. The van der Waals surface area contributed by atoms with E-state index < -0.39 is 0 Å². The third kappa shape index (κ3) is 5.05. The molecule has 0 saturated carbocycles. The highest BCUT2D eigenvalue weighted by Crippen LogP contribution is 2.44. The molecule has 1 aliphatic heterocycles. The molecule has 38 heavy (non-hydrogen) atoms. The molecular weight excluding hydrogens is 500 g/mol. The average molecular weight is 529 g/mol. The number of carbonyl (C=O) groups excluding carboxylic acids is 1. The fourth-order valence-electron chi connectivity index (χ4n) is 4.60. The number of anilines is 2. The number of hydrogen-bond donors (Lipinski definition) is 2. The number of nitrogens with one attached hydrogen (secondary N) is 2. The summed E-state index contributed by atoms with van der Waals surface area (Å²) in [6.45, 7) is 4.02. The molecule has 1 amide bonds. The number of pyridine rings is 1. The van der Waals surface area contributed by atoms with Gasteiger partial charge in [0.15, 0.2) is 5.11 Å². The van der Waals surface area contributed by atoms with Gasteiger partial charge in [-0.3, -0.25) is 9.78 Å². The van der Waals surface area contributed by atoms with Crippen LogP contribution < -0.4 is 25.0 Å². The first kappa shape index (κ1) is 25.3. The van der Waals surface area contributed by atoms with Crippen molar-refractivity contribution in [2.24, 2.45) is 0 Å². The van der Waals surface area contributed by atoms with Gasteiger partial charge in [0.05, 0.1) is 31.1 Å². The van der Waals surface area contributed by atoms with Gasteiger partial charge in [-0.05, 0) is 85.9 Å². The van der Waals surface area contributed by atoms with Gasteiger partial charge in [0.1, 0.15) is 29.1 Å². The maximum Gasteiger partial charge on any atom is 0.221 e. The van der Waals surface area contributed by atoms with Crippen LogP contribution in [-0.4, -0.2) is 29.7 Å². The number of furan rings is 1. The van der Waals surface area contributed by atoms with E-state index in [0.717, 1.165) is 28.5 Å². The largest absolute Gasteiger partial charge is 0.495 e. The Balaban J connectivity index is 1.56. The lowest BCUT2D eigenvalue weighted by Gasteiger charge is -2.27. The first-order chi connectivity index (χ1) is 18.5. The predicted molar refractivity (Wildman–Crippen MR) is 151 cm³/mol. The number of amides is 1. The van der Waals surface area contributed by atoms with Crippen LogP contribution in [0, 0.1) is 0 Å². The number of methoxy groups -OCH3 is 1. The van der Waals surface area contributed by atoms with Crippen LogP contribution in [0.15, 0.2) is 83.4 Å². The van der Waals surface area contributed by atoms with Gasteiger partial charge in [-0.15, -0.1) is 0 Å². The van der Waals surface area contributed by atoms with Crippen LogP contribution in [0.4, 0.5) is 11.4 Å². The molecule has 8 nitrogen and oxygen atoms in total. The third-order valence-electron chi connectivity index (χ3n) is 6.24. The summed E-state index contributed by atoms with van der Waals surface area (Å²) in [6.07, 6.45) is 1.76. The van der Waals surface area contributed by atoms with Gasteiger partial charge in [0.2, 0.25) is 5.91 Å². The number of rotatable bonds is 8. The van der Waals surface area contributed by atoms with Gasteiger partial charge in [-0.2, -0.15) is 0 Å². The molecule has 0 aliphatic carbocycles. The molecule has 3 heterocycles. The smallest absolute Gasteiger partial charge is 0.221 e. The minimum atomic E-state index is -0.340. The Bertz CT molecular complexity index is 1440. The molecule has 2 aromatic carbocycles. The zero-order valence-electron chi connectivity index (χ0n) is 21.3. The topological polar surface area (TPSA) is 88.9 Å². The molecular formula is C29H28N4O4S. The van der Waals surface area contributed by atoms with Crippen molar-refractivity contribution in [1.82, 2.24) is 10.3 Å². The number of carbonyl (C=O) groups is 1. The second-order valence-electron chi connectivity index (χ2n) is 8.72. The normalized spacial score (nSPS) is 16.7. The van der Waals surface area contributed by atoms with Crippen molar-refractivity contribution in [2.45, 2.75) is 25.9 Å². The number of benzene rings is 2. The zero-order valence-corrected chi connectivity index (χ0v) is 22.1. The van der Waals surface area contributed by atoms with Crippen LogP contribution in [0.2, 0.25) is 0 Å². The maximum absolute atomic E-state index is 11.8. The van der Waals surface area contributed by atoms with Gasteiger partial charge in [-0.1, -0.05) is 6.07 Å². The van der Waals surface area contributed by atoms with Crippen molar-refractivity contribution in [3.8, 4) is 22.8 Å². The molecule has 0 spiro atoms. The Morgan fingerprint density at radius 1 is 1.13 bits per heavy atom. The molecule has 2 atom stereocenters. The molecule has 2 unspecified atom stereocenters. The van der Waals surface area contributed by atoms with E-state index >= 15 is 0 Å². The number of thiocarbonyl (C=S) groups is 1. The van der Waals surface area contributed by atoms with Crippen molar-refractivity contribution >= 4 is 34.6 Å². The van der Waals surface area contributed by atoms with E-state index in [1.165, 1.54) is 6.92 Å². The Labute approximate surface area is 226 Å². The van der Waals surface area contributed by atoms with Crippen LogP contribution >= 0.6 is 12.2 Å². The molecule has 1 fully saturated rings. The second-order valence-corrected chi connectivity index (χ2v) is 9.11. The summed E-state index contributed by atoms with van der Waals surface area (Å²) in [5.74, 6) is 2.61. The van der Waals surface area contributed by atoms with Crippen LogP contribution in [0.1, 0.15) is 37.4 Å². The molecule has 9 heteroatoms. The van der Waals surface area contributed by atoms with Crippen molar-refractivity contribution in [3.63, 3.8) is 0 Å². The molecule has 194 valence electrons. The number of aromatic nitrogens is 1. The lowest BCUT2D eigenvalue weighted by Crippen LogP contribution is -2.29.